The summed E-state index contributed by atoms with van der Waals surface area (Å²) in [5.74, 6) is 0.773. The molecule has 20 heavy (non-hydrogen) atoms. The third-order valence-corrected chi connectivity index (χ3v) is 4.74. The molecule has 0 aromatic carbocycles. The van der Waals surface area contributed by atoms with Crippen LogP contribution in [0.4, 0.5) is 0 Å². The zero-order valence-electron chi connectivity index (χ0n) is 11.4. The topological polar surface area (TPSA) is 63.8 Å². The second kappa shape index (κ2) is 6.13. The average molecular weight is 310 g/mol. The molecule has 3 heterocycles. The molecule has 0 spiro atoms. The van der Waals surface area contributed by atoms with Crippen LogP contribution in [0.5, 0.6) is 0 Å². The van der Waals surface area contributed by atoms with E-state index >= 15 is 0 Å². The molecule has 108 valence electrons. The van der Waals surface area contributed by atoms with Gasteiger partial charge in [0.25, 0.3) is 0 Å². The molecule has 6 nitrogen and oxygen atoms in total. The summed E-state index contributed by atoms with van der Waals surface area (Å²) in [6.45, 7) is 8.83. The van der Waals surface area contributed by atoms with Gasteiger partial charge in [0, 0.05) is 32.4 Å². The van der Waals surface area contributed by atoms with Crippen LogP contribution in [0.15, 0.2) is 6.20 Å². The lowest BCUT2D eigenvalue weighted by Gasteiger charge is -2.33. The number of piperazine rings is 1. The number of hydrogen-bond acceptors (Lipinski definition) is 6. The molecular formula is C12H18N6S2. The molecule has 2 N–H and O–H groups in total. The molecule has 0 unspecified atom stereocenters. The van der Waals surface area contributed by atoms with E-state index in [9.17, 15) is 0 Å². The van der Waals surface area contributed by atoms with E-state index in [1.807, 2.05) is 6.20 Å². The van der Waals surface area contributed by atoms with Gasteiger partial charge in [-0.1, -0.05) is 6.92 Å². The Balaban J connectivity index is 1.62. The van der Waals surface area contributed by atoms with Gasteiger partial charge in [0.05, 0.1) is 11.4 Å². The molecule has 8 heteroatoms. The van der Waals surface area contributed by atoms with E-state index in [0.717, 1.165) is 55.0 Å². The van der Waals surface area contributed by atoms with Crippen LogP contribution >= 0.6 is 23.6 Å². The maximum absolute atomic E-state index is 4.97. The molecule has 2 aromatic rings. The second-order valence-electron chi connectivity index (χ2n) is 4.84. The number of likely N-dealkylation sites (N-methyl/N-ethyl adjacent to an activating group) is 1. The lowest BCUT2D eigenvalue weighted by atomic mass is 10.3. The summed E-state index contributed by atoms with van der Waals surface area (Å²) < 4.78 is 0.477. The van der Waals surface area contributed by atoms with Crippen molar-refractivity contribution in [3.63, 3.8) is 0 Å². The number of aromatic amines is 2. The molecule has 0 saturated carbocycles. The Morgan fingerprint density at radius 2 is 2.00 bits per heavy atom. The fourth-order valence-corrected chi connectivity index (χ4v) is 3.38. The summed E-state index contributed by atoms with van der Waals surface area (Å²) in [5.41, 5.74) is 0. The monoisotopic (exact) mass is 310 g/mol. The highest BCUT2D eigenvalue weighted by Crippen LogP contribution is 2.23. The third kappa shape index (κ3) is 3.14. The minimum atomic E-state index is 0.477. The third-order valence-electron chi connectivity index (χ3n) is 3.56. The number of H-pyrrole nitrogens is 2. The first-order valence-corrected chi connectivity index (χ1v) is 8.01. The highest BCUT2D eigenvalue weighted by Gasteiger charge is 2.17. The van der Waals surface area contributed by atoms with E-state index in [1.165, 1.54) is 0 Å². The van der Waals surface area contributed by atoms with Crippen molar-refractivity contribution < 1.29 is 0 Å². The lowest BCUT2D eigenvalue weighted by Crippen LogP contribution is -2.45. The van der Waals surface area contributed by atoms with Crippen LogP contribution in [-0.2, 0) is 6.54 Å². The Hall–Kier alpha value is -1.09. The normalized spacial score (nSPS) is 17.6. The van der Waals surface area contributed by atoms with Crippen molar-refractivity contribution in [1.29, 1.82) is 0 Å². The number of aromatic nitrogens is 4. The summed E-state index contributed by atoms with van der Waals surface area (Å²) in [5, 5.41) is 6.90. The fourth-order valence-electron chi connectivity index (χ4n) is 2.33. The van der Waals surface area contributed by atoms with E-state index < -0.39 is 0 Å². The molecule has 0 atom stereocenters. The van der Waals surface area contributed by atoms with Gasteiger partial charge in [-0.15, -0.1) is 11.3 Å². The molecule has 1 aliphatic heterocycles. The van der Waals surface area contributed by atoms with Gasteiger partial charge in [-0.2, -0.15) is 4.98 Å². The van der Waals surface area contributed by atoms with Gasteiger partial charge in [-0.05, 0) is 18.8 Å². The molecule has 1 fully saturated rings. The van der Waals surface area contributed by atoms with Crippen molar-refractivity contribution in [2.75, 3.05) is 32.7 Å². The summed E-state index contributed by atoms with van der Waals surface area (Å²) in [4.78, 5) is 14.7. The van der Waals surface area contributed by atoms with Crippen LogP contribution < -0.4 is 0 Å². The summed E-state index contributed by atoms with van der Waals surface area (Å²) >= 11 is 6.64. The zero-order valence-corrected chi connectivity index (χ0v) is 13.1. The number of thiazole rings is 1. The predicted molar refractivity (Wildman–Crippen MR) is 82.3 cm³/mol. The summed E-state index contributed by atoms with van der Waals surface area (Å²) in [6, 6.07) is 0. The second-order valence-corrected chi connectivity index (χ2v) is 6.35. The van der Waals surface area contributed by atoms with Gasteiger partial charge >= 0.3 is 0 Å². The van der Waals surface area contributed by atoms with E-state index in [4.69, 9.17) is 12.2 Å². The Bertz CT molecular complexity index is 607. The molecule has 3 rings (SSSR count). The van der Waals surface area contributed by atoms with Crippen molar-refractivity contribution in [2.24, 2.45) is 0 Å². The molecule has 0 radical (unpaired) electrons. The highest BCUT2D eigenvalue weighted by molar-refractivity contribution is 7.71. The number of hydrogen-bond donors (Lipinski definition) is 2. The molecule has 0 amide bonds. The maximum Gasteiger partial charge on any atom is 0.213 e. The molecule has 0 aliphatic carbocycles. The zero-order chi connectivity index (χ0) is 13.9. The molecule has 1 aliphatic rings. The van der Waals surface area contributed by atoms with Gasteiger partial charge in [0.15, 0.2) is 5.82 Å². The van der Waals surface area contributed by atoms with Crippen molar-refractivity contribution in [3.8, 4) is 10.7 Å². The summed E-state index contributed by atoms with van der Waals surface area (Å²) in [7, 11) is 0. The van der Waals surface area contributed by atoms with Gasteiger partial charge in [-0.25, -0.2) is 4.98 Å². The smallest absolute Gasteiger partial charge is 0.213 e. The van der Waals surface area contributed by atoms with Crippen molar-refractivity contribution >= 4 is 23.6 Å². The quantitative estimate of drug-likeness (QED) is 0.842. The first-order valence-electron chi connectivity index (χ1n) is 6.79. The molecule has 1 saturated heterocycles. The Kier molecular flexibility index (Phi) is 4.25. The first-order chi connectivity index (χ1) is 9.74. The van der Waals surface area contributed by atoms with E-state index in [0.29, 0.717) is 4.77 Å². The average Bonchev–Trinajstić information content (AvgIpc) is 3.09. The maximum atomic E-state index is 4.97. The van der Waals surface area contributed by atoms with E-state index in [1.54, 1.807) is 11.3 Å². The number of nitrogens with zero attached hydrogens (tertiary/aromatic N) is 4. The lowest BCUT2D eigenvalue weighted by molar-refractivity contribution is 0.132. The van der Waals surface area contributed by atoms with Crippen LogP contribution in [-0.4, -0.2) is 62.7 Å². The number of nitrogens with one attached hydrogen (secondary N) is 2. The summed E-state index contributed by atoms with van der Waals surface area (Å²) in [6.07, 6.45) is 1.86. The first kappa shape index (κ1) is 13.9. The largest absolute Gasteiger partial charge is 0.301 e. The van der Waals surface area contributed by atoms with E-state index in [2.05, 4.69) is 36.9 Å². The Morgan fingerprint density at radius 1 is 1.25 bits per heavy atom. The van der Waals surface area contributed by atoms with Crippen molar-refractivity contribution in [2.45, 2.75) is 13.5 Å². The van der Waals surface area contributed by atoms with Crippen LogP contribution in [0, 0.1) is 4.77 Å². The van der Waals surface area contributed by atoms with Crippen LogP contribution in [0.3, 0.4) is 0 Å². The van der Waals surface area contributed by atoms with E-state index in [-0.39, 0.29) is 0 Å². The van der Waals surface area contributed by atoms with Crippen molar-refractivity contribution in [3.05, 3.63) is 16.0 Å². The van der Waals surface area contributed by atoms with Gasteiger partial charge in [0.2, 0.25) is 4.77 Å². The van der Waals surface area contributed by atoms with Gasteiger partial charge in [-0.3, -0.25) is 15.1 Å². The minimum absolute atomic E-state index is 0.477. The Morgan fingerprint density at radius 3 is 2.65 bits per heavy atom. The van der Waals surface area contributed by atoms with Crippen LogP contribution in [0.25, 0.3) is 10.7 Å². The minimum Gasteiger partial charge on any atom is -0.301 e. The Labute approximate surface area is 126 Å². The standard InChI is InChI=1S/C12H18N6S2/c1-2-17-3-5-18(6-4-17)8-10-13-7-9(20-10)11-14-12(19)16-15-11/h7H,2-6,8H2,1H3,(H2,14,15,16,19). The number of rotatable bonds is 4. The SMILES string of the molecule is CCN1CCN(Cc2ncc(-c3nc(=S)[nH][nH]3)s2)CC1. The van der Waals surface area contributed by atoms with Crippen molar-refractivity contribution in [1.82, 2.24) is 30.0 Å². The molecular weight excluding hydrogens is 292 g/mol. The van der Waals surface area contributed by atoms with Gasteiger partial charge in [0.1, 0.15) is 5.01 Å². The van der Waals surface area contributed by atoms with Gasteiger partial charge < -0.3 is 4.90 Å². The predicted octanol–water partition coefficient (Wildman–Crippen LogP) is 1.73. The fraction of sp³-hybridized carbons (Fsp3) is 0.583. The molecule has 0 bridgehead atoms. The molecule has 2 aromatic heterocycles. The highest BCUT2D eigenvalue weighted by atomic mass is 32.1. The van der Waals surface area contributed by atoms with Crippen LogP contribution in [0.2, 0.25) is 0 Å². The van der Waals surface area contributed by atoms with Crippen LogP contribution in [0.1, 0.15) is 11.9 Å².